The van der Waals surface area contributed by atoms with Crippen molar-refractivity contribution < 1.29 is 0 Å². The number of rotatable bonds is 5. The summed E-state index contributed by atoms with van der Waals surface area (Å²) in [5.41, 5.74) is 1.42. The van der Waals surface area contributed by atoms with Gasteiger partial charge in [-0.1, -0.05) is 51.1 Å². The van der Waals surface area contributed by atoms with Gasteiger partial charge in [0.2, 0.25) is 0 Å². The summed E-state index contributed by atoms with van der Waals surface area (Å²) in [7, 11) is 0. The third-order valence-corrected chi connectivity index (χ3v) is 2.37. The van der Waals surface area contributed by atoms with E-state index in [0.29, 0.717) is 5.92 Å². The van der Waals surface area contributed by atoms with Crippen LogP contribution in [0.1, 0.15) is 32.3 Å². The molecule has 78 valence electrons. The maximum atomic E-state index is 3.48. The molecular formula is C13H21N. The Bertz CT molecular complexity index is 241. The van der Waals surface area contributed by atoms with Crippen molar-refractivity contribution in [2.24, 2.45) is 5.92 Å². The standard InChI is InChI=1S/C13H21N/c1-11(2)9-14-10-12(3)13-7-5-4-6-8-13/h4-8,11-12,14H,9-10H2,1-3H3. The Morgan fingerprint density at radius 3 is 2.21 bits per heavy atom. The Morgan fingerprint density at radius 2 is 1.64 bits per heavy atom. The molecule has 1 N–H and O–H groups in total. The van der Waals surface area contributed by atoms with E-state index in [4.69, 9.17) is 0 Å². The van der Waals surface area contributed by atoms with Crippen LogP contribution in [0.2, 0.25) is 0 Å². The molecule has 1 heteroatoms. The Kier molecular flexibility index (Phi) is 4.68. The Labute approximate surface area is 87.5 Å². The van der Waals surface area contributed by atoms with Crippen LogP contribution >= 0.6 is 0 Å². The van der Waals surface area contributed by atoms with Gasteiger partial charge in [-0.15, -0.1) is 0 Å². The minimum absolute atomic E-state index is 0.606. The van der Waals surface area contributed by atoms with E-state index in [1.807, 2.05) is 0 Å². The summed E-state index contributed by atoms with van der Waals surface area (Å²) in [6.07, 6.45) is 0. The molecule has 0 aromatic heterocycles. The highest BCUT2D eigenvalue weighted by Gasteiger charge is 2.03. The molecule has 1 aromatic carbocycles. The fourth-order valence-electron chi connectivity index (χ4n) is 1.49. The summed E-state index contributed by atoms with van der Waals surface area (Å²) in [6, 6.07) is 10.7. The van der Waals surface area contributed by atoms with Crippen LogP contribution in [0.3, 0.4) is 0 Å². The molecule has 0 aliphatic heterocycles. The van der Waals surface area contributed by atoms with E-state index < -0.39 is 0 Å². The molecule has 0 radical (unpaired) electrons. The third kappa shape index (κ3) is 3.93. The van der Waals surface area contributed by atoms with Crippen LogP contribution in [0.25, 0.3) is 0 Å². The zero-order valence-electron chi connectivity index (χ0n) is 9.46. The normalized spacial score (nSPS) is 13.1. The van der Waals surface area contributed by atoms with E-state index in [1.54, 1.807) is 0 Å². The predicted octanol–water partition coefficient (Wildman–Crippen LogP) is 3.04. The van der Waals surface area contributed by atoms with E-state index in [-0.39, 0.29) is 0 Å². The van der Waals surface area contributed by atoms with Crippen molar-refractivity contribution in [1.82, 2.24) is 5.32 Å². The number of hydrogen-bond acceptors (Lipinski definition) is 1. The Morgan fingerprint density at radius 1 is 1.00 bits per heavy atom. The van der Waals surface area contributed by atoms with Crippen LogP contribution in [-0.2, 0) is 0 Å². The van der Waals surface area contributed by atoms with E-state index in [9.17, 15) is 0 Å². The Balaban J connectivity index is 2.32. The van der Waals surface area contributed by atoms with Crippen LogP contribution in [0.5, 0.6) is 0 Å². The molecular weight excluding hydrogens is 170 g/mol. The second-order valence-corrected chi connectivity index (χ2v) is 4.36. The molecule has 1 aromatic rings. The van der Waals surface area contributed by atoms with Gasteiger partial charge in [0.25, 0.3) is 0 Å². The highest BCUT2D eigenvalue weighted by molar-refractivity contribution is 5.18. The lowest BCUT2D eigenvalue weighted by atomic mass is 10.0. The average Bonchev–Trinajstić information content (AvgIpc) is 2.18. The van der Waals surface area contributed by atoms with Crippen LogP contribution in [0, 0.1) is 5.92 Å². The summed E-state index contributed by atoms with van der Waals surface area (Å²) in [4.78, 5) is 0. The van der Waals surface area contributed by atoms with Gasteiger partial charge in [-0.3, -0.25) is 0 Å². The van der Waals surface area contributed by atoms with Gasteiger partial charge in [-0.25, -0.2) is 0 Å². The first-order valence-corrected chi connectivity index (χ1v) is 5.46. The zero-order chi connectivity index (χ0) is 10.4. The Hall–Kier alpha value is -0.820. The van der Waals surface area contributed by atoms with Gasteiger partial charge in [0, 0.05) is 6.54 Å². The average molecular weight is 191 g/mol. The number of benzene rings is 1. The smallest absolute Gasteiger partial charge is 0.00176 e. The first kappa shape index (κ1) is 11.3. The first-order valence-electron chi connectivity index (χ1n) is 5.46. The molecule has 1 nitrogen and oxygen atoms in total. The lowest BCUT2D eigenvalue weighted by Gasteiger charge is -2.14. The summed E-state index contributed by atoms with van der Waals surface area (Å²) in [6.45, 7) is 8.92. The summed E-state index contributed by atoms with van der Waals surface area (Å²) in [5.74, 6) is 1.34. The highest BCUT2D eigenvalue weighted by Crippen LogP contribution is 2.12. The fourth-order valence-corrected chi connectivity index (χ4v) is 1.49. The van der Waals surface area contributed by atoms with Crippen molar-refractivity contribution in [2.45, 2.75) is 26.7 Å². The van der Waals surface area contributed by atoms with Gasteiger partial charge < -0.3 is 5.32 Å². The molecule has 0 bridgehead atoms. The van der Waals surface area contributed by atoms with Crippen molar-refractivity contribution in [2.75, 3.05) is 13.1 Å². The third-order valence-electron chi connectivity index (χ3n) is 2.37. The molecule has 0 saturated heterocycles. The van der Waals surface area contributed by atoms with E-state index in [2.05, 4.69) is 56.4 Å². The maximum Gasteiger partial charge on any atom is 0.00176 e. The van der Waals surface area contributed by atoms with Gasteiger partial charge in [0.05, 0.1) is 0 Å². The summed E-state index contributed by atoms with van der Waals surface area (Å²) >= 11 is 0. The SMILES string of the molecule is CC(C)CNCC(C)c1ccccc1. The summed E-state index contributed by atoms with van der Waals surface area (Å²) in [5, 5.41) is 3.48. The topological polar surface area (TPSA) is 12.0 Å². The monoisotopic (exact) mass is 191 g/mol. The van der Waals surface area contributed by atoms with E-state index in [0.717, 1.165) is 19.0 Å². The molecule has 1 rings (SSSR count). The minimum atomic E-state index is 0.606. The van der Waals surface area contributed by atoms with E-state index in [1.165, 1.54) is 5.56 Å². The van der Waals surface area contributed by atoms with Crippen molar-refractivity contribution in [3.8, 4) is 0 Å². The highest BCUT2D eigenvalue weighted by atomic mass is 14.9. The van der Waals surface area contributed by atoms with Gasteiger partial charge >= 0.3 is 0 Å². The van der Waals surface area contributed by atoms with Gasteiger partial charge in [-0.2, -0.15) is 0 Å². The first-order chi connectivity index (χ1) is 6.70. The molecule has 0 spiro atoms. The van der Waals surface area contributed by atoms with Crippen molar-refractivity contribution >= 4 is 0 Å². The molecule has 0 heterocycles. The lowest BCUT2D eigenvalue weighted by molar-refractivity contribution is 0.529. The summed E-state index contributed by atoms with van der Waals surface area (Å²) < 4.78 is 0. The molecule has 0 amide bonds. The van der Waals surface area contributed by atoms with Crippen LogP contribution < -0.4 is 5.32 Å². The minimum Gasteiger partial charge on any atom is -0.316 e. The molecule has 1 unspecified atom stereocenters. The molecule has 1 atom stereocenters. The van der Waals surface area contributed by atoms with Crippen LogP contribution in [-0.4, -0.2) is 13.1 Å². The van der Waals surface area contributed by atoms with Crippen LogP contribution in [0.4, 0.5) is 0 Å². The van der Waals surface area contributed by atoms with Crippen LogP contribution in [0.15, 0.2) is 30.3 Å². The number of nitrogens with one attached hydrogen (secondary N) is 1. The van der Waals surface area contributed by atoms with Crippen molar-refractivity contribution in [3.63, 3.8) is 0 Å². The lowest BCUT2D eigenvalue weighted by Crippen LogP contribution is -2.24. The zero-order valence-corrected chi connectivity index (χ0v) is 9.46. The molecule has 0 aliphatic carbocycles. The largest absolute Gasteiger partial charge is 0.316 e. The maximum absolute atomic E-state index is 3.48. The predicted molar refractivity (Wildman–Crippen MR) is 62.6 cm³/mol. The molecule has 0 aliphatic rings. The van der Waals surface area contributed by atoms with Gasteiger partial charge in [-0.05, 0) is 23.9 Å². The molecule has 14 heavy (non-hydrogen) atoms. The second-order valence-electron chi connectivity index (χ2n) is 4.36. The van der Waals surface area contributed by atoms with Gasteiger partial charge in [0.1, 0.15) is 0 Å². The van der Waals surface area contributed by atoms with E-state index >= 15 is 0 Å². The second kappa shape index (κ2) is 5.82. The number of hydrogen-bond donors (Lipinski definition) is 1. The molecule has 0 fully saturated rings. The van der Waals surface area contributed by atoms with Gasteiger partial charge in [0.15, 0.2) is 0 Å². The van der Waals surface area contributed by atoms with Crippen molar-refractivity contribution in [1.29, 1.82) is 0 Å². The van der Waals surface area contributed by atoms with Crippen molar-refractivity contribution in [3.05, 3.63) is 35.9 Å². The molecule has 0 saturated carbocycles. The fraction of sp³-hybridized carbons (Fsp3) is 0.538. The quantitative estimate of drug-likeness (QED) is 0.754.